The Morgan fingerprint density at radius 3 is 3.00 bits per heavy atom. The molecule has 0 radical (unpaired) electrons. The van der Waals surface area contributed by atoms with Gasteiger partial charge in [0.25, 0.3) is 0 Å². The third-order valence-corrected chi connectivity index (χ3v) is 1.82. The molecule has 0 atom stereocenters. The van der Waals surface area contributed by atoms with E-state index in [2.05, 4.69) is 6.07 Å². The Hall–Kier alpha value is -1.26. The van der Waals surface area contributed by atoms with Crippen molar-refractivity contribution >= 4 is 17.7 Å². The summed E-state index contributed by atoms with van der Waals surface area (Å²) in [6.45, 7) is 0. The summed E-state index contributed by atoms with van der Waals surface area (Å²) in [7, 11) is 0. The number of rotatable bonds is 3. The minimum absolute atomic E-state index is 0.633. The maximum Gasteiger partial charge on any atom is 0.0991 e. The van der Waals surface area contributed by atoms with Crippen LogP contribution < -0.4 is 0 Å². The molecule has 1 aromatic carbocycles. The van der Waals surface area contributed by atoms with Crippen molar-refractivity contribution in [2.24, 2.45) is 0 Å². The molecule has 66 valence electrons. The van der Waals surface area contributed by atoms with Gasteiger partial charge in [-0.05, 0) is 24.1 Å². The molecule has 0 aromatic heterocycles. The molecule has 1 nitrogen and oxygen atoms in total. The van der Waals surface area contributed by atoms with Crippen molar-refractivity contribution in [2.75, 3.05) is 5.88 Å². The highest BCUT2D eigenvalue weighted by molar-refractivity contribution is 6.17. The number of halogens is 1. The first kappa shape index (κ1) is 9.83. The van der Waals surface area contributed by atoms with Crippen LogP contribution in [0.15, 0.2) is 30.3 Å². The van der Waals surface area contributed by atoms with Gasteiger partial charge in [-0.25, -0.2) is 0 Å². The molecular formula is C11H10ClN. The van der Waals surface area contributed by atoms with Crippen LogP contribution in [-0.2, 0) is 0 Å². The molecule has 0 bridgehead atoms. The molecule has 0 amide bonds. The second-order valence-electron chi connectivity index (χ2n) is 2.62. The monoisotopic (exact) mass is 191 g/mol. The Balaban J connectivity index is 2.73. The summed E-state index contributed by atoms with van der Waals surface area (Å²) in [5, 5.41) is 8.64. The maximum atomic E-state index is 8.64. The molecule has 0 saturated carbocycles. The van der Waals surface area contributed by atoms with Crippen LogP contribution >= 0.6 is 11.6 Å². The highest BCUT2D eigenvalue weighted by atomic mass is 35.5. The molecule has 0 aliphatic rings. The van der Waals surface area contributed by atoms with E-state index in [0.29, 0.717) is 11.4 Å². The van der Waals surface area contributed by atoms with Crippen molar-refractivity contribution < 1.29 is 0 Å². The third kappa shape index (κ3) is 3.31. The fourth-order valence-corrected chi connectivity index (χ4v) is 1.12. The summed E-state index contributed by atoms with van der Waals surface area (Å²) in [6, 6.07) is 9.58. The molecule has 1 aromatic rings. The summed E-state index contributed by atoms with van der Waals surface area (Å²) in [5.41, 5.74) is 1.73. The molecular weight excluding hydrogens is 182 g/mol. The highest BCUT2D eigenvalue weighted by Gasteiger charge is 1.89. The largest absolute Gasteiger partial charge is 0.192 e. The van der Waals surface area contributed by atoms with E-state index in [1.54, 1.807) is 6.07 Å². The van der Waals surface area contributed by atoms with E-state index in [1.807, 2.05) is 30.4 Å². The van der Waals surface area contributed by atoms with Gasteiger partial charge in [0.1, 0.15) is 0 Å². The summed E-state index contributed by atoms with van der Waals surface area (Å²) >= 11 is 5.52. The topological polar surface area (TPSA) is 23.8 Å². The van der Waals surface area contributed by atoms with Crippen molar-refractivity contribution in [3.05, 3.63) is 41.5 Å². The predicted molar refractivity (Wildman–Crippen MR) is 55.5 cm³/mol. The summed E-state index contributed by atoms with van der Waals surface area (Å²) in [6.07, 6.45) is 4.84. The second kappa shape index (κ2) is 5.40. The molecule has 1 rings (SSSR count). The SMILES string of the molecule is N#Cc1cccc(C=CCCCl)c1. The maximum absolute atomic E-state index is 8.64. The van der Waals surface area contributed by atoms with Crippen LogP contribution in [0, 0.1) is 11.3 Å². The van der Waals surface area contributed by atoms with Gasteiger partial charge in [0.2, 0.25) is 0 Å². The number of nitriles is 1. The Labute approximate surface area is 83.3 Å². The molecule has 0 N–H and O–H groups in total. The zero-order chi connectivity index (χ0) is 9.52. The molecule has 0 spiro atoms. The van der Waals surface area contributed by atoms with Crippen LogP contribution in [0.4, 0.5) is 0 Å². The third-order valence-electron chi connectivity index (χ3n) is 1.60. The number of hydrogen-bond donors (Lipinski definition) is 0. The van der Waals surface area contributed by atoms with Crippen LogP contribution in [0.25, 0.3) is 6.08 Å². The van der Waals surface area contributed by atoms with E-state index in [9.17, 15) is 0 Å². The Kier molecular flexibility index (Phi) is 4.08. The van der Waals surface area contributed by atoms with Gasteiger partial charge in [0, 0.05) is 5.88 Å². The van der Waals surface area contributed by atoms with Gasteiger partial charge in [0.05, 0.1) is 11.6 Å². The molecule has 13 heavy (non-hydrogen) atoms. The fourth-order valence-electron chi connectivity index (χ4n) is 0.994. The summed E-state index contributed by atoms with van der Waals surface area (Å²) in [4.78, 5) is 0. The van der Waals surface area contributed by atoms with Crippen molar-refractivity contribution in [1.82, 2.24) is 0 Å². The molecule has 0 fully saturated rings. The van der Waals surface area contributed by atoms with E-state index in [-0.39, 0.29) is 0 Å². The average Bonchev–Trinajstić information content (AvgIpc) is 2.19. The smallest absolute Gasteiger partial charge is 0.0991 e. The van der Waals surface area contributed by atoms with E-state index in [0.717, 1.165) is 12.0 Å². The zero-order valence-electron chi connectivity index (χ0n) is 7.20. The van der Waals surface area contributed by atoms with Gasteiger partial charge in [-0.2, -0.15) is 5.26 Å². The number of hydrogen-bond acceptors (Lipinski definition) is 1. The molecule has 0 aliphatic heterocycles. The average molecular weight is 192 g/mol. The zero-order valence-corrected chi connectivity index (χ0v) is 7.96. The van der Waals surface area contributed by atoms with Crippen LogP contribution in [0.3, 0.4) is 0 Å². The van der Waals surface area contributed by atoms with Crippen LogP contribution in [0.2, 0.25) is 0 Å². The van der Waals surface area contributed by atoms with Crippen LogP contribution in [0.5, 0.6) is 0 Å². The van der Waals surface area contributed by atoms with Crippen molar-refractivity contribution in [3.63, 3.8) is 0 Å². The molecule has 2 heteroatoms. The molecule has 0 saturated heterocycles. The first-order valence-corrected chi connectivity index (χ1v) is 4.63. The van der Waals surface area contributed by atoms with E-state index in [1.165, 1.54) is 0 Å². The summed E-state index contributed by atoms with van der Waals surface area (Å²) in [5.74, 6) is 0.633. The Bertz CT molecular complexity index is 336. The number of nitrogens with zero attached hydrogens (tertiary/aromatic N) is 1. The highest BCUT2D eigenvalue weighted by Crippen LogP contribution is 2.06. The van der Waals surface area contributed by atoms with Crippen molar-refractivity contribution in [3.8, 4) is 6.07 Å². The molecule has 0 aliphatic carbocycles. The number of alkyl halides is 1. The lowest BCUT2D eigenvalue weighted by atomic mass is 10.1. The Morgan fingerprint density at radius 2 is 2.31 bits per heavy atom. The van der Waals surface area contributed by atoms with Gasteiger partial charge in [-0.3, -0.25) is 0 Å². The van der Waals surface area contributed by atoms with Crippen LogP contribution in [0.1, 0.15) is 17.5 Å². The van der Waals surface area contributed by atoms with Gasteiger partial charge in [-0.15, -0.1) is 11.6 Å². The van der Waals surface area contributed by atoms with Crippen LogP contribution in [-0.4, -0.2) is 5.88 Å². The minimum Gasteiger partial charge on any atom is -0.192 e. The standard InChI is InChI=1S/C11H10ClN/c12-7-2-1-4-10-5-3-6-11(8-10)9-13/h1,3-6,8H,2,7H2. The van der Waals surface area contributed by atoms with Gasteiger partial charge in [-0.1, -0.05) is 24.3 Å². The molecule has 0 unspecified atom stereocenters. The minimum atomic E-state index is 0.633. The van der Waals surface area contributed by atoms with E-state index < -0.39 is 0 Å². The lowest BCUT2D eigenvalue weighted by Crippen LogP contribution is -1.76. The van der Waals surface area contributed by atoms with Gasteiger partial charge >= 0.3 is 0 Å². The number of allylic oxidation sites excluding steroid dienone is 1. The lowest BCUT2D eigenvalue weighted by molar-refractivity contribution is 1.24. The normalized spacial score (nSPS) is 10.2. The lowest BCUT2D eigenvalue weighted by Gasteiger charge is -1.92. The molecule has 0 heterocycles. The first-order chi connectivity index (χ1) is 6.36. The van der Waals surface area contributed by atoms with E-state index in [4.69, 9.17) is 16.9 Å². The van der Waals surface area contributed by atoms with Crippen molar-refractivity contribution in [1.29, 1.82) is 5.26 Å². The first-order valence-electron chi connectivity index (χ1n) is 4.09. The van der Waals surface area contributed by atoms with Gasteiger partial charge in [0.15, 0.2) is 0 Å². The summed E-state index contributed by atoms with van der Waals surface area (Å²) < 4.78 is 0. The Morgan fingerprint density at radius 1 is 1.46 bits per heavy atom. The predicted octanol–water partition coefficient (Wildman–Crippen LogP) is 3.20. The quantitative estimate of drug-likeness (QED) is 0.674. The second-order valence-corrected chi connectivity index (χ2v) is 3.00. The van der Waals surface area contributed by atoms with Gasteiger partial charge < -0.3 is 0 Å². The van der Waals surface area contributed by atoms with Crippen molar-refractivity contribution in [2.45, 2.75) is 6.42 Å². The number of benzene rings is 1. The van der Waals surface area contributed by atoms with E-state index >= 15 is 0 Å². The fraction of sp³-hybridized carbons (Fsp3) is 0.182.